The van der Waals surface area contributed by atoms with Crippen LogP contribution in [-0.4, -0.2) is 41.1 Å². The van der Waals surface area contributed by atoms with Gasteiger partial charge in [0.1, 0.15) is 11.3 Å². The molecule has 1 N–H and O–H groups in total. The lowest BCUT2D eigenvalue weighted by Gasteiger charge is -2.44. The molecule has 6 nitrogen and oxygen atoms in total. The molecule has 2 aromatic rings. The van der Waals surface area contributed by atoms with Crippen LogP contribution < -0.4 is 0 Å². The first-order chi connectivity index (χ1) is 13.1. The predicted octanol–water partition coefficient (Wildman–Crippen LogP) is 3.41. The molecule has 0 radical (unpaired) electrons. The number of aromatic hydroxyl groups is 1. The second-order valence-electron chi connectivity index (χ2n) is 7.62. The number of fused-ring (bicyclic) bond motifs is 2. The zero-order valence-electron chi connectivity index (χ0n) is 15.4. The maximum absolute atomic E-state index is 12.6. The van der Waals surface area contributed by atoms with Crippen molar-refractivity contribution in [3.63, 3.8) is 0 Å². The lowest BCUT2D eigenvalue weighted by Crippen LogP contribution is -2.50. The maximum atomic E-state index is 12.6. The Morgan fingerprint density at radius 2 is 2.00 bits per heavy atom. The van der Waals surface area contributed by atoms with Gasteiger partial charge in [-0.15, -0.1) is 0 Å². The van der Waals surface area contributed by atoms with Gasteiger partial charge in [0, 0.05) is 29.6 Å². The third kappa shape index (κ3) is 3.80. The highest BCUT2D eigenvalue weighted by atomic mass is 16.5. The molecule has 2 aliphatic rings. The number of furan rings is 1. The Morgan fingerprint density at radius 3 is 2.89 bits per heavy atom. The molecule has 1 aromatic carbocycles. The van der Waals surface area contributed by atoms with Crippen molar-refractivity contribution >= 4 is 22.8 Å². The summed E-state index contributed by atoms with van der Waals surface area (Å²) in [5.74, 6) is 0.193. The van der Waals surface area contributed by atoms with Gasteiger partial charge < -0.3 is 19.2 Å². The SMILES string of the molecule is O=C(Cc1coc2cc(O)ccc12)OCC(=O)N1CCC[C@H]2CCCC[C@@H]21. The predicted molar refractivity (Wildman–Crippen MR) is 99.2 cm³/mol. The Bertz CT molecular complexity index is 840. The van der Waals surface area contributed by atoms with E-state index in [2.05, 4.69) is 0 Å². The largest absolute Gasteiger partial charge is 0.508 e. The van der Waals surface area contributed by atoms with Crippen LogP contribution in [0.3, 0.4) is 0 Å². The summed E-state index contributed by atoms with van der Waals surface area (Å²) in [6.07, 6.45) is 8.48. The minimum atomic E-state index is -0.448. The van der Waals surface area contributed by atoms with Crippen molar-refractivity contribution in [2.75, 3.05) is 13.2 Å². The highest BCUT2D eigenvalue weighted by Crippen LogP contribution is 2.35. The average Bonchev–Trinajstić information content (AvgIpc) is 3.07. The Labute approximate surface area is 158 Å². The molecule has 27 heavy (non-hydrogen) atoms. The van der Waals surface area contributed by atoms with Gasteiger partial charge in [-0.2, -0.15) is 0 Å². The number of piperidine rings is 1. The molecule has 1 amide bonds. The van der Waals surface area contributed by atoms with Crippen molar-refractivity contribution in [3.8, 4) is 5.75 Å². The van der Waals surface area contributed by atoms with Crippen LogP contribution in [0.15, 0.2) is 28.9 Å². The van der Waals surface area contributed by atoms with Crippen LogP contribution in [0.4, 0.5) is 0 Å². The van der Waals surface area contributed by atoms with Gasteiger partial charge in [-0.05, 0) is 43.7 Å². The summed E-state index contributed by atoms with van der Waals surface area (Å²) in [6.45, 7) is 0.575. The number of likely N-dealkylation sites (tertiary alicyclic amines) is 1. The fraction of sp³-hybridized carbons (Fsp3) is 0.524. The average molecular weight is 371 g/mol. The van der Waals surface area contributed by atoms with Gasteiger partial charge in [0.15, 0.2) is 6.61 Å². The quantitative estimate of drug-likeness (QED) is 0.833. The minimum absolute atomic E-state index is 0.0388. The summed E-state index contributed by atoms with van der Waals surface area (Å²) >= 11 is 0. The van der Waals surface area contributed by atoms with Gasteiger partial charge >= 0.3 is 5.97 Å². The second kappa shape index (κ2) is 7.62. The number of benzene rings is 1. The van der Waals surface area contributed by atoms with E-state index in [4.69, 9.17) is 9.15 Å². The fourth-order valence-electron chi connectivity index (χ4n) is 4.57. The number of nitrogens with zero attached hydrogens (tertiary/aromatic N) is 1. The summed E-state index contributed by atoms with van der Waals surface area (Å²) in [6, 6.07) is 5.08. The molecule has 6 heteroatoms. The molecule has 0 spiro atoms. The normalized spacial score (nSPS) is 22.4. The van der Waals surface area contributed by atoms with Gasteiger partial charge in [-0.3, -0.25) is 9.59 Å². The van der Waals surface area contributed by atoms with E-state index in [0.29, 0.717) is 23.1 Å². The second-order valence-corrected chi connectivity index (χ2v) is 7.62. The number of carbonyl (C=O) groups is 2. The third-order valence-corrected chi connectivity index (χ3v) is 5.89. The first-order valence-electron chi connectivity index (χ1n) is 9.76. The summed E-state index contributed by atoms with van der Waals surface area (Å²) in [7, 11) is 0. The van der Waals surface area contributed by atoms with Crippen LogP contribution in [-0.2, 0) is 20.7 Å². The van der Waals surface area contributed by atoms with Gasteiger partial charge in [0.25, 0.3) is 5.91 Å². The number of hydrogen-bond acceptors (Lipinski definition) is 5. The molecule has 2 fully saturated rings. The summed E-state index contributed by atoms with van der Waals surface area (Å²) in [5, 5.41) is 10.2. The highest BCUT2D eigenvalue weighted by Gasteiger charge is 2.35. The van der Waals surface area contributed by atoms with Gasteiger partial charge in [0.2, 0.25) is 0 Å². The van der Waals surface area contributed by atoms with E-state index in [-0.39, 0.29) is 24.7 Å². The van der Waals surface area contributed by atoms with Crippen LogP contribution in [0.2, 0.25) is 0 Å². The van der Waals surface area contributed by atoms with Crippen molar-refractivity contribution in [2.24, 2.45) is 5.92 Å². The minimum Gasteiger partial charge on any atom is -0.508 e. The van der Waals surface area contributed by atoms with Gasteiger partial charge in [0.05, 0.1) is 12.7 Å². The topological polar surface area (TPSA) is 80.0 Å². The zero-order chi connectivity index (χ0) is 18.8. The Morgan fingerprint density at radius 1 is 1.19 bits per heavy atom. The Kier molecular flexibility index (Phi) is 5.05. The monoisotopic (exact) mass is 371 g/mol. The van der Waals surface area contributed by atoms with Gasteiger partial charge in [-0.25, -0.2) is 0 Å². The number of ether oxygens (including phenoxy) is 1. The first-order valence-corrected chi connectivity index (χ1v) is 9.76. The number of rotatable bonds is 4. The van der Waals surface area contributed by atoms with Crippen LogP contribution in [0, 0.1) is 5.92 Å². The van der Waals surface area contributed by atoms with Crippen molar-refractivity contribution in [1.29, 1.82) is 0 Å². The zero-order valence-corrected chi connectivity index (χ0v) is 15.4. The lowest BCUT2D eigenvalue weighted by molar-refractivity contribution is -0.154. The van der Waals surface area contributed by atoms with E-state index >= 15 is 0 Å². The molecule has 2 heterocycles. The number of carbonyl (C=O) groups excluding carboxylic acids is 2. The highest BCUT2D eigenvalue weighted by molar-refractivity contribution is 5.87. The van der Waals surface area contributed by atoms with Crippen molar-refractivity contribution < 1.29 is 23.8 Å². The summed E-state index contributed by atoms with van der Waals surface area (Å²) in [5.41, 5.74) is 1.21. The number of hydrogen-bond donors (Lipinski definition) is 1. The molecular weight excluding hydrogens is 346 g/mol. The molecular formula is C21H25NO5. The smallest absolute Gasteiger partial charge is 0.310 e. The molecule has 144 valence electrons. The molecule has 1 aliphatic heterocycles. The molecule has 1 saturated carbocycles. The standard InChI is InChI=1S/C21H25NO5/c23-16-7-8-17-15(12-26-19(17)11-16)10-21(25)27-13-20(24)22-9-3-5-14-4-1-2-6-18(14)22/h7-8,11-12,14,18,23H,1-6,9-10,13H2/t14-,18+/m1/s1. The third-order valence-electron chi connectivity index (χ3n) is 5.89. The van der Waals surface area contributed by atoms with Crippen LogP contribution in [0.5, 0.6) is 5.75 Å². The van der Waals surface area contributed by atoms with Crippen molar-refractivity contribution in [2.45, 2.75) is 51.0 Å². The molecule has 1 aromatic heterocycles. The van der Waals surface area contributed by atoms with E-state index in [1.807, 2.05) is 4.90 Å². The molecule has 0 unspecified atom stereocenters. The first kappa shape index (κ1) is 17.9. The maximum Gasteiger partial charge on any atom is 0.310 e. The number of amides is 1. The molecule has 1 aliphatic carbocycles. The summed E-state index contributed by atoms with van der Waals surface area (Å²) in [4.78, 5) is 26.8. The van der Waals surface area contributed by atoms with Crippen molar-refractivity contribution in [1.82, 2.24) is 4.90 Å². The van der Waals surface area contributed by atoms with E-state index in [0.717, 1.165) is 24.8 Å². The van der Waals surface area contributed by atoms with Crippen LogP contribution >= 0.6 is 0 Å². The van der Waals surface area contributed by atoms with Crippen LogP contribution in [0.25, 0.3) is 11.0 Å². The van der Waals surface area contributed by atoms with E-state index in [1.54, 1.807) is 12.1 Å². The fourth-order valence-corrected chi connectivity index (χ4v) is 4.57. The number of phenols is 1. The van der Waals surface area contributed by atoms with E-state index < -0.39 is 5.97 Å². The van der Waals surface area contributed by atoms with Crippen LogP contribution in [0.1, 0.15) is 44.1 Å². The lowest BCUT2D eigenvalue weighted by atomic mass is 9.78. The molecule has 4 rings (SSSR count). The molecule has 0 bridgehead atoms. The Balaban J connectivity index is 1.33. The van der Waals surface area contributed by atoms with E-state index in [9.17, 15) is 14.7 Å². The molecule has 2 atom stereocenters. The molecule has 1 saturated heterocycles. The number of esters is 1. The number of phenolic OH excluding ortho intramolecular Hbond substituents is 1. The van der Waals surface area contributed by atoms with Crippen molar-refractivity contribution in [3.05, 3.63) is 30.0 Å². The van der Waals surface area contributed by atoms with Gasteiger partial charge in [-0.1, -0.05) is 12.8 Å². The Hall–Kier alpha value is -2.50. The summed E-state index contributed by atoms with van der Waals surface area (Å²) < 4.78 is 10.6. The van der Waals surface area contributed by atoms with E-state index in [1.165, 1.54) is 38.0 Å².